The van der Waals surface area contributed by atoms with Crippen LogP contribution in [0.1, 0.15) is 29.0 Å². The van der Waals surface area contributed by atoms with Gasteiger partial charge in [0.25, 0.3) is 5.91 Å². The second-order valence-corrected chi connectivity index (χ2v) is 7.71. The van der Waals surface area contributed by atoms with Gasteiger partial charge in [0.15, 0.2) is 0 Å². The van der Waals surface area contributed by atoms with Crippen molar-refractivity contribution in [3.05, 3.63) is 53.6 Å². The van der Waals surface area contributed by atoms with E-state index in [2.05, 4.69) is 26.8 Å². The van der Waals surface area contributed by atoms with Gasteiger partial charge in [-0.2, -0.15) is 13.2 Å². The van der Waals surface area contributed by atoms with E-state index in [9.17, 15) is 22.8 Å². The first-order chi connectivity index (χ1) is 15.6. The third-order valence-corrected chi connectivity index (χ3v) is 5.60. The maximum absolute atomic E-state index is 13.9. The van der Waals surface area contributed by atoms with Crippen LogP contribution >= 0.6 is 11.6 Å². The molecule has 1 N–H and O–H groups in total. The molecule has 0 radical (unpaired) electrons. The molecule has 3 heterocycles. The Morgan fingerprint density at radius 2 is 1.97 bits per heavy atom. The lowest BCUT2D eigenvalue weighted by Crippen LogP contribution is -2.60. The lowest BCUT2D eigenvalue weighted by atomic mass is 9.97. The highest BCUT2D eigenvalue weighted by atomic mass is 35.5. The fourth-order valence-corrected chi connectivity index (χ4v) is 4.06. The molecule has 33 heavy (non-hydrogen) atoms. The van der Waals surface area contributed by atoms with Crippen LogP contribution < -0.4 is 5.32 Å². The molecule has 1 saturated heterocycles. The van der Waals surface area contributed by atoms with Gasteiger partial charge < -0.3 is 10.2 Å². The fourth-order valence-electron chi connectivity index (χ4n) is 3.85. The molecule has 2 amide bonds. The van der Waals surface area contributed by atoms with Gasteiger partial charge in [0.2, 0.25) is 5.91 Å². The zero-order chi connectivity index (χ0) is 24.3. The number of hydrogen-bond acceptors (Lipinski definition) is 6. The summed E-state index contributed by atoms with van der Waals surface area (Å²) in [6, 6.07) is 1.77. The number of aromatic nitrogens is 3. The topological polar surface area (TPSA) is 91.3 Å². The van der Waals surface area contributed by atoms with E-state index in [1.165, 1.54) is 30.4 Å². The van der Waals surface area contributed by atoms with Crippen LogP contribution in [0.25, 0.3) is 11.4 Å². The Labute approximate surface area is 193 Å². The molecule has 2 atom stereocenters. The number of alkyl halides is 3. The molecule has 0 saturated carbocycles. The van der Waals surface area contributed by atoms with Gasteiger partial charge >= 0.3 is 6.18 Å². The normalized spacial score (nSPS) is 19.3. The number of amides is 2. The third kappa shape index (κ3) is 5.31. The van der Waals surface area contributed by atoms with Gasteiger partial charge in [0, 0.05) is 20.1 Å². The second-order valence-electron chi connectivity index (χ2n) is 7.33. The minimum Gasteiger partial charge on any atom is -0.354 e. The highest BCUT2D eigenvalue weighted by Crippen LogP contribution is 2.37. The molecule has 2 aromatic rings. The fraction of sp³-hybridized carbons (Fsp3) is 0.381. The first-order valence-corrected chi connectivity index (χ1v) is 10.4. The van der Waals surface area contributed by atoms with Crippen molar-refractivity contribution in [3.8, 4) is 11.4 Å². The minimum absolute atomic E-state index is 0.0122. The standard InChI is InChI=1S/C21H22ClF3N6O2/c1-4-19(32)30-9-16(31(5-2)17(10-30)21(23,24)25)12-6-14(29-18(22)7-12)13-8-15(20(33)26-3)28-11-27-13/h4,6-8,11,16-17H,1,5,9-10H2,2-3H3,(H,26,33)/t16-,17-/m0/s1. The van der Waals surface area contributed by atoms with Crippen LogP contribution in [-0.2, 0) is 4.79 Å². The number of likely N-dealkylation sites (N-methyl/N-ethyl adjacent to an activating group) is 1. The molecule has 8 nitrogen and oxygen atoms in total. The van der Waals surface area contributed by atoms with E-state index in [1.807, 2.05) is 0 Å². The molecule has 0 aliphatic carbocycles. The van der Waals surface area contributed by atoms with Crippen LogP contribution in [0.3, 0.4) is 0 Å². The minimum atomic E-state index is -4.55. The number of carbonyl (C=O) groups excluding carboxylic acids is 2. The van der Waals surface area contributed by atoms with E-state index in [4.69, 9.17) is 11.6 Å². The summed E-state index contributed by atoms with van der Waals surface area (Å²) in [6.45, 7) is 4.63. The predicted octanol–water partition coefficient (Wildman–Crippen LogP) is 2.87. The van der Waals surface area contributed by atoms with E-state index in [1.54, 1.807) is 13.0 Å². The Kier molecular flexibility index (Phi) is 7.33. The van der Waals surface area contributed by atoms with Crippen molar-refractivity contribution in [1.82, 2.24) is 30.1 Å². The van der Waals surface area contributed by atoms with E-state index in [0.29, 0.717) is 5.56 Å². The smallest absolute Gasteiger partial charge is 0.354 e. The van der Waals surface area contributed by atoms with Crippen molar-refractivity contribution in [1.29, 1.82) is 0 Å². The number of hydrogen-bond donors (Lipinski definition) is 1. The van der Waals surface area contributed by atoms with Gasteiger partial charge in [-0.15, -0.1) is 0 Å². The van der Waals surface area contributed by atoms with Crippen LogP contribution in [0, 0.1) is 0 Å². The molecular formula is C21H22ClF3N6O2. The Balaban J connectivity index is 2.08. The Morgan fingerprint density at radius 1 is 1.24 bits per heavy atom. The summed E-state index contributed by atoms with van der Waals surface area (Å²) < 4.78 is 41.7. The van der Waals surface area contributed by atoms with Gasteiger partial charge in [0.05, 0.1) is 17.4 Å². The number of halogens is 4. The van der Waals surface area contributed by atoms with Gasteiger partial charge in [-0.3, -0.25) is 14.5 Å². The monoisotopic (exact) mass is 482 g/mol. The highest BCUT2D eigenvalue weighted by Gasteiger charge is 2.50. The van der Waals surface area contributed by atoms with Gasteiger partial charge in [-0.25, -0.2) is 15.0 Å². The van der Waals surface area contributed by atoms with Crippen LogP contribution in [0.2, 0.25) is 5.15 Å². The number of rotatable bonds is 5. The Hall–Kier alpha value is -3.05. The van der Waals surface area contributed by atoms with Crippen molar-refractivity contribution in [3.63, 3.8) is 0 Å². The van der Waals surface area contributed by atoms with Crippen molar-refractivity contribution in [2.75, 3.05) is 26.7 Å². The average molecular weight is 483 g/mol. The molecule has 0 bridgehead atoms. The van der Waals surface area contributed by atoms with E-state index in [-0.39, 0.29) is 35.3 Å². The number of nitrogens with zero attached hydrogens (tertiary/aromatic N) is 5. The molecule has 3 rings (SSSR count). The van der Waals surface area contributed by atoms with Gasteiger partial charge in [-0.05, 0) is 36.4 Å². The molecule has 0 unspecified atom stereocenters. The molecule has 176 valence electrons. The van der Waals surface area contributed by atoms with Crippen molar-refractivity contribution < 1.29 is 22.8 Å². The third-order valence-electron chi connectivity index (χ3n) is 5.41. The Morgan fingerprint density at radius 3 is 2.58 bits per heavy atom. The molecule has 1 fully saturated rings. The lowest BCUT2D eigenvalue weighted by Gasteiger charge is -2.46. The van der Waals surface area contributed by atoms with Crippen LogP contribution in [0.4, 0.5) is 13.2 Å². The molecular weight excluding hydrogens is 461 g/mol. The van der Waals surface area contributed by atoms with Gasteiger partial charge in [0.1, 0.15) is 23.2 Å². The summed E-state index contributed by atoms with van der Waals surface area (Å²) in [5, 5.41) is 2.49. The molecule has 1 aliphatic heterocycles. The summed E-state index contributed by atoms with van der Waals surface area (Å²) in [7, 11) is 1.45. The highest BCUT2D eigenvalue weighted by molar-refractivity contribution is 6.29. The summed E-state index contributed by atoms with van der Waals surface area (Å²) in [5.41, 5.74) is 1.07. The van der Waals surface area contributed by atoms with Crippen LogP contribution in [0.15, 0.2) is 37.2 Å². The SMILES string of the molecule is C=CC(=O)N1C[C@@H](C(F)(F)F)N(CC)[C@H](c2cc(Cl)nc(-c3cc(C(=O)NC)ncn3)c2)C1. The molecule has 12 heteroatoms. The number of carbonyl (C=O) groups is 2. The summed E-state index contributed by atoms with van der Waals surface area (Å²) in [5.74, 6) is -1.02. The summed E-state index contributed by atoms with van der Waals surface area (Å²) in [6.07, 6.45) is -2.37. The zero-order valence-electron chi connectivity index (χ0n) is 17.9. The van der Waals surface area contributed by atoms with Crippen molar-refractivity contribution in [2.45, 2.75) is 25.2 Å². The van der Waals surface area contributed by atoms with Crippen LogP contribution in [0.5, 0.6) is 0 Å². The van der Waals surface area contributed by atoms with Crippen molar-refractivity contribution in [2.24, 2.45) is 0 Å². The maximum atomic E-state index is 13.9. The number of pyridine rings is 1. The number of nitrogens with one attached hydrogen (secondary N) is 1. The van der Waals surface area contributed by atoms with Gasteiger partial charge in [-0.1, -0.05) is 25.1 Å². The first kappa shape index (κ1) is 24.6. The molecule has 2 aromatic heterocycles. The average Bonchev–Trinajstić information content (AvgIpc) is 2.81. The number of piperazine rings is 1. The predicted molar refractivity (Wildman–Crippen MR) is 115 cm³/mol. The van der Waals surface area contributed by atoms with Crippen molar-refractivity contribution >= 4 is 23.4 Å². The molecule has 0 aromatic carbocycles. The van der Waals surface area contributed by atoms with E-state index >= 15 is 0 Å². The maximum Gasteiger partial charge on any atom is 0.405 e. The van der Waals surface area contributed by atoms with E-state index in [0.717, 1.165) is 11.0 Å². The lowest BCUT2D eigenvalue weighted by molar-refractivity contribution is -0.206. The second kappa shape index (κ2) is 9.84. The first-order valence-electron chi connectivity index (χ1n) is 10.0. The largest absolute Gasteiger partial charge is 0.405 e. The zero-order valence-corrected chi connectivity index (χ0v) is 18.7. The molecule has 0 spiro atoms. The molecule has 1 aliphatic rings. The van der Waals surface area contributed by atoms with E-state index < -0.39 is 36.6 Å². The summed E-state index contributed by atoms with van der Waals surface area (Å²) in [4.78, 5) is 38.8. The van der Waals surface area contributed by atoms with Crippen LogP contribution in [-0.4, -0.2) is 75.5 Å². The quantitative estimate of drug-likeness (QED) is 0.520. The summed E-state index contributed by atoms with van der Waals surface area (Å²) >= 11 is 6.22. The Bertz CT molecular complexity index is 1060.